The summed E-state index contributed by atoms with van der Waals surface area (Å²) < 4.78 is 14.0. The van der Waals surface area contributed by atoms with Gasteiger partial charge in [-0.2, -0.15) is 0 Å². The first-order chi connectivity index (χ1) is 9.19. The lowest BCUT2D eigenvalue weighted by molar-refractivity contribution is 0.277. The van der Waals surface area contributed by atoms with Crippen molar-refractivity contribution in [2.75, 3.05) is 0 Å². The third kappa shape index (κ3) is 2.51. The molecule has 1 aromatic carbocycles. The quantitative estimate of drug-likeness (QED) is 0.651. The molecule has 2 saturated carbocycles. The molecule has 19 heavy (non-hydrogen) atoms. The van der Waals surface area contributed by atoms with Crippen LogP contribution in [0.3, 0.4) is 0 Å². The Labute approximate surface area is 118 Å². The molecule has 0 amide bonds. The summed E-state index contributed by atoms with van der Waals surface area (Å²) in [5.74, 6) is 7.75. The van der Waals surface area contributed by atoms with Gasteiger partial charge >= 0.3 is 0 Å². The highest BCUT2D eigenvalue weighted by Gasteiger charge is 2.40. The molecular formula is C15H20ClFN2. The number of nitrogens with two attached hydrogens (primary N) is 1. The fourth-order valence-corrected chi connectivity index (χ4v) is 4.38. The van der Waals surface area contributed by atoms with Crippen molar-refractivity contribution >= 4 is 11.6 Å². The summed E-state index contributed by atoms with van der Waals surface area (Å²) >= 11 is 6.13. The number of hydrazine groups is 1. The zero-order chi connectivity index (χ0) is 13.4. The van der Waals surface area contributed by atoms with Crippen LogP contribution in [0.15, 0.2) is 18.2 Å². The predicted octanol–water partition coefficient (Wildman–Crippen LogP) is 3.81. The summed E-state index contributed by atoms with van der Waals surface area (Å²) in [6.07, 6.45) is 6.22. The SMILES string of the molecule is NNC(CC1CC2CCC1C2)c1c(F)cccc1Cl. The van der Waals surface area contributed by atoms with Crippen molar-refractivity contribution in [3.8, 4) is 0 Å². The molecule has 1 aromatic rings. The monoisotopic (exact) mass is 282 g/mol. The van der Waals surface area contributed by atoms with E-state index in [1.165, 1.54) is 31.7 Å². The van der Waals surface area contributed by atoms with E-state index in [2.05, 4.69) is 5.43 Å². The van der Waals surface area contributed by atoms with Crippen LogP contribution in [-0.4, -0.2) is 0 Å². The molecule has 104 valence electrons. The van der Waals surface area contributed by atoms with E-state index in [1.54, 1.807) is 12.1 Å². The summed E-state index contributed by atoms with van der Waals surface area (Å²) in [7, 11) is 0. The van der Waals surface area contributed by atoms with Gasteiger partial charge in [0.15, 0.2) is 0 Å². The summed E-state index contributed by atoms with van der Waals surface area (Å²) in [6, 6.07) is 4.63. The highest BCUT2D eigenvalue weighted by Crippen LogP contribution is 2.51. The molecule has 0 radical (unpaired) electrons. The Kier molecular flexibility index (Phi) is 3.79. The van der Waals surface area contributed by atoms with Crippen molar-refractivity contribution in [2.24, 2.45) is 23.6 Å². The fraction of sp³-hybridized carbons (Fsp3) is 0.600. The Morgan fingerprint density at radius 3 is 2.79 bits per heavy atom. The Morgan fingerprint density at radius 2 is 2.21 bits per heavy atom. The lowest BCUT2D eigenvalue weighted by Crippen LogP contribution is -2.31. The van der Waals surface area contributed by atoms with Gasteiger partial charge in [-0.25, -0.2) is 4.39 Å². The van der Waals surface area contributed by atoms with Gasteiger partial charge in [0, 0.05) is 10.6 Å². The smallest absolute Gasteiger partial charge is 0.129 e. The largest absolute Gasteiger partial charge is 0.271 e. The molecule has 4 heteroatoms. The van der Waals surface area contributed by atoms with Crippen molar-refractivity contribution in [2.45, 2.75) is 38.1 Å². The van der Waals surface area contributed by atoms with Crippen molar-refractivity contribution in [3.05, 3.63) is 34.6 Å². The highest BCUT2D eigenvalue weighted by atomic mass is 35.5. The first-order valence-electron chi connectivity index (χ1n) is 7.09. The second-order valence-electron chi connectivity index (χ2n) is 6.03. The maximum atomic E-state index is 14.0. The van der Waals surface area contributed by atoms with E-state index < -0.39 is 0 Å². The first kappa shape index (κ1) is 13.3. The van der Waals surface area contributed by atoms with Gasteiger partial charge in [-0.15, -0.1) is 0 Å². The second kappa shape index (κ2) is 5.39. The molecule has 0 saturated heterocycles. The van der Waals surface area contributed by atoms with Crippen LogP contribution >= 0.6 is 11.6 Å². The Hall–Kier alpha value is -0.640. The lowest BCUT2D eigenvalue weighted by atomic mass is 9.83. The third-order valence-corrected chi connectivity index (χ3v) is 5.30. The normalized spacial score (nSPS) is 30.8. The van der Waals surface area contributed by atoms with Gasteiger partial charge in [-0.3, -0.25) is 11.3 Å². The van der Waals surface area contributed by atoms with E-state index in [0.717, 1.165) is 18.3 Å². The molecule has 3 rings (SSSR count). The number of fused-ring (bicyclic) bond motifs is 2. The Bertz CT molecular complexity index is 445. The van der Waals surface area contributed by atoms with E-state index in [9.17, 15) is 4.39 Å². The molecule has 0 heterocycles. The van der Waals surface area contributed by atoms with Crippen LogP contribution < -0.4 is 11.3 Å². The molecule has 3 N–H and O–H groups in total. The van der Waals surface area contributed by atoms with Crippen LogP contribution in [0.1, 0.15) is 43.7 Å². The van der Waals surface area contributed by atoms with Crippen LogP contribution in [0, 0.1) is 23.6 Å². The maximum absolute atomic E-state index is 14.0. The minimum atomic E-state index is -0.265. The van der Waals surface area contributed by atoms with Crippen LogP contribution in [0.25, 0.3) is 0 Å². The first-order valence-corrected chi connectivity index (χ1v) is 7.47. The van der Waals surface area contributed by atoms with E-state index in [-0.39, 0.29) is 11.9 Å². The number of hydrogen-bond acceptors (Lipinski definition) is 2. The van der Waals surface area contributed by atoms with Crippen molar-refractivity contribution in [3.63, 3.8) is 0 Å². The number of hydrogen-bond donors (Lipinski definition) is 2. The van der Waals surface area contributed by atoms with Gasteiger partial charge in [-0.1, -0.05) is 24.1 Å². The van der Waals surface area contributed by atoms with Crippen LogP contribution in [0.2, 0.25) is 5.02 Å². The molecule has 2 aliphatic carbocycles. The molecule has 0 aromatic heterocycles. The molecule has 2 fully saturated rings. The lowest BCUT2D eigenvalue weighted by Gasteiger charge is -2.27. The molecule has 2 aliphatic rings. The summed E-state index contributed by atoms with van der Waals surface area (Å²) in [5, 5.41) is 0.464. The minimum Gasteiger partial charge on any atom is -0.271 e. The summed E-state index contributed by atoms with van der Waals surface area (Å²) in [5.41, 5.74) is 3.28. The average molecular weight is 283 g/mol. The van der Waals surface area contributed by atoms with Crippen molar-refractivity contribution < 1.29 is 4.39 Å². The molecule has 0 aliphatic heterocycles. The Morgan fingerprint density at radius 1 is 1.37 bits per heavy atom. The van der Waals surface area contributed by atoms with Crippen molar-refractivity contribution in [1.82, 2.24) is 5.43 Å². The fourth-order valence-electron chi connectivity index (χ4n) is 4.08. The highest BCUT2D eigenvalue weighted by molar-refractivity contribution is 6.31. The second-order valence-corrected chi connectivity index (χ2v) is 6.43. The molecular weight excluding hydrogens is 263 g/mol. The number of benzene rings is 1. The van der Waals surface area contributed by atoms with Gasteiger partial charge in [0.2, 0.25) is 0 Å². The van der Waals surface area contributed by atoms with Gasteiger partial charge in [0.1, 0.15) is 5.82 Å². The van der Waals surface area contributed by atoms with E-state index >= 15 is 0 Å². The molecule has 2 nitrogen and oxygen atoms in total. The van der Waals surface area contributed by atoms with E-state index in [0.29, 0.717) is 16.5 Å². The van der Waals surface area contributed by atoms with Gasteiger partial charge in [0.25, 0.3) is 0 Å². The number of nitrogens with one attached hydrogen (secondary N) is 1. The average Bonchev–Trinajstić information content (AvgIpc) is 2.99. The predicted molar refractivity (Wildman–Crippen MR) is 75.0 cm³/mol. The van der Waals surface area contributed by atoms with E-state index in [1.807, 2.05) is 0 Å². The van der Waals surface area contributed by atoms with Crippen molar-refractivity contribution in [1.29, 1.82) is 0 Å². The standard InChI is InChI=1S/C15H20ClFN2/c16-12-2-1-3-13(17)15(12)14(19-18)8-11-7-9-4-5-10(11)6-9/h1-3,9-11,14,19H,4-8,18H2. The summed E-state index contributed by atoms with van der Waals surface area (Å²) in [4.78, 5) is 0. The summed E-state index contributed by atoms with van der Waals surface area (Å²) in [6.45, 7) is 0. The number of rotatable bonds is 4. The molecule has 4 atom stereocenters. The van der Waals surface area contributed by atoms with Crippen LogP contribution in [-0.2, 0) is 0 Å². The topological polar surface area (TPSA) is 38.0 Å². The van der Waals surface area contributed by atoms with Gasteiger partial charge in [-0.05, 0) is 55.6 Å². The van der Waals surface area contributed by atoms with Gasteiger partial charge in [0.05, 0.1) is 6.04 Å². The Balaban J connectivity index is 1.77. The van der Waals surface area contributed by atoms with Crippen LogP contribution in [0.5, 0.6) is 0 Å². The molecule has 0 spiro atoms. The van der Waals surface area contributed by atoms with E-state index in [4.69, 9.17) is 17.4 Å². The minimum absolute atomic E-state index is 0.182. The van der Waals surface area contributed by atoms with Crippen LogP contribution in [0.4, 0.5) is 4.39 Å². The molecule has 2 bridgehead atoms. The maximum Gasteiger partial charge on any atom is 0.129 e. The number of halogens is 2. The third-order valence-electron chi connectivity index (χ3n) is 4.97. The zero-order valence-corrected chi connectivity index (χ0v) is 11.7. The zero-order valence-electron chi connectivity index (χ0n) is 10.9. The van der Waals surface area contributed by atoms with Gasteiger partial charge < -0.3 is 0 Å². The molecule has 4 unspecified atom stereocenters.